The molecule has 3 nitrogen and oxygen atoms in total. The minimum absolute atomic E-state index is 0.117. The van der Waals surface area contributed by atoms with Crippen molar-refractivity contribution in [1.82, 2.24) is 9.88 Å². The molecule has 3 rings (SSSR count). The van der Waals surface area contributed by atoms with Crippen molar-refractivity contribution >= 4 is 17.2 Å². The van der Waals surface area contributed by atoms with E-state index < -0.39 is 11.6 Å². The highest BCUT2D eigenvalue weighted by atomic mass is 32.1. The van der Waals surface area contributed by atoms with E-state index in [4.69, 9.17) is 0 Å². The second kappa shape index (κ2) is 6.35. The highest BCUT2D eigenvalue weighted by Crippen LogP contribution is 2.28. The Labute approximate surface area is 138 Å². The molecule has 0 bridgehead atoms. The molecule has 1 fully saturated rings. The van der Waals surface area contributed by atoms with Crippen molar-refractivity contribution in [2.45, 2.75) is 20.3 Å². The van der Waals surface area contributed by atoms with Crippen LogP contribution in [0.5, 0.6) is 0 Å². The molecule has 1 amide bonds. The monoisotopic (exact) mass is 336 g/mol. The third-order valence-corrected chi connectivity index (χ3v) is 4.92. The Balaban J connectivity index is 1.82. The van der Waals surface area contributed by atoms with Crippen LogP contribution in [0.2, 0.25) is 0 Å². The van der Waals surface area contributed by atoms with Crippen LogP contribution in [0.15, 0.2) is 23.6 Å². The Bertz CT molecular complexity index is 721. The number of carbonyl (C=O) groups excluding carboxylic acids is 1. The summed E-state index contributed by atoms with van der Waals surface area (Å²) in [5.74, 6) is -0.479. The van der Waals surface area contributed by atoms with Gasteiger partial charge in [0.25, 0.3) is 5.91 Å². The van der Waals surface area contributed by atoms with Crippen molar-refractivity contribution in [3.8, 4) is 10.6 Å². The zero-order valence-corrected chi connectivity index (χ0v) is 13.9. The first-order valence-electron chi connectivity index (χ1n) is 7.64. The molecule has 2 unspecified atom stereocenters. The number of amides is 1. The van der Waals surface area contributed by atoms with Gasteiger partial charge in [0.1, 0.15) is 22.3 Å². The van der Waals surface area contributed by atoms with Crippen LogP contribution in [0.4, 0.5) is 8.78 Å². The van der Waals surface area contributed by atoms with Gasteiger partial charge in [-0.05, 0) is 30.4 Å². The van der Waals surface area contributed by atoms with Crippen LogP contribution in [-0.4, -0.2) is 28.9 Å². The maximum atomic E-state index is 13.8. The predicted molar refractivity (Wildman–Crippen MR) is 86.3 cm³/mol. The van der Waals surface area contributed by atoms with E-state index in [-0.39, 0.29) is 11.5 Å². The van der Waals surface area contributed by atoms with Gasteiger partial charge in [-0.2, -0.15) is 0 Å². The van der Waals surface area contributed by atoms with Crippen LogP contribution in [-0.2, 0) is 0 Å². The lowest BCUT2D eigenvalue weighted by atomic mass is 9.92. The summed E-state index contributed by atoms with van der Waals surface area (Å²) >= 11 is 1.20. The second-order valence-electron chi connectivity index (χ2n) is 6.32. The lowest BCUT2D eigenvalue weighted by molar-refractivity contribution is 0.0618. The van der Waals surface area contributed by atoms with Gasteiger partial charge in [-0.1, -0.05) is 13.8 Å². The van der Waals surface area contributed by atoms with Gasteiger partial charge in [0, 0.05) is 30.1 Å². The number of thiazole rings is 1. The van der Waals surface area contributed by atoms with E-state index >= 15 is 0 Å². The number of nitrogens with zero attached hydrogens (tertiary/aromatic N) is 2. The topological polar surface area (TPSA) is 33.2 Å². The van der Waals surface area contributed by atoms with Crippen molar-refractivity contribution in [3.05, 3.63) is 40.9 Å². The summed E-state index contributed by atoms with van der Waals surface area (Å²) in [6, 6.07) is 3.37. The maximum absolute atomic E-state index is 13.8. The quantitative estimate of drug-likeness (QED) is 0.823. The highest BCUT2D eigenvalue weighted by Gasteiger charge is 2.27. The average molecular weight is 336 g/mol. The molecule has 0 saturated carbocycles. The summed E-state index contributed by atoms with van der Waals surface area (Å²) < 4.78 is 26.8. The van der Waals surface area contributed by atoms with Gasteiger partial charge in [-0.25, -0.2) is 13.8 Å². The van der Waals surface area contributed by atoms with Crippen molar-refractivity contribution in [2.24, 2.45) is 11.8 Å². The summed E-state index contributed by atoms with van der Waals surface area (Å²) in [5, 5.41) is 2.04. The zero-order valence-electron chi connectivity index (χ0n) is 13.1. The third-order valence-electron chi connectivity index (χ3n) is 4.04. The largest absolute Gasteiger partial charge is 0.337 e. The van der Waals surface area contributed by atoms with Crippen LogP contribution in [0.25, 0.3) is 10.6 Å². The predicted octanol–water partition coefficient (Wildman–Crippen LogP) is 4.21. The smallest absolute Gasteiger partial charge is 0.273 e. The molecule has 1 aromatic heterocycles. The molecule has 122 valence electrons. The Morgan fingerprint density at radius 3 is 2.61 bits per heavy atom. The van der Waals surface area contributed by atoms with Gasteiger partial charge in [0.05, 0.1) is 0 Å². The normalized spacial score (nSPS) is 21.5. The number of hydrogen-bond donors (Lipinski definition) is 0. The van der Waals surface area contributed by atoms with E-state index in [1.54, 1.807) is 5.38 Å². The molecule has 1 aliphatic heterocycles. The fraction of sp³-hybridized carbons (Fsp3) is 0.412. The molecule has 1 aromatic carbocycles. The van der Waals surface area contributed by atoms with Gasteiger partial charge in [0.2, 0.25) is 0 Å². The number of likely N-dealkylation sites (tertiary alicyclic amines) is 1. The molecule has 2 aromatic rings. The molecule has 0 radical (unpaired) electrons. The van der Waals surface area contributed by atoms with Gasteiger partial charge in [-0.3, -0.25) is 4.79 Å². The Morgan fingerprint density at radius 1 is 1.26 bits per heavy atom. The summed E-state index contributed by atoms with van der Waals surface area (Å²) in [6.07, 6.45) is 1.12. The third kappa shape index (κ3) is 3.42. The molecule has 2 heterocycles. The second-order valence-corrected chi connectivity index (χ2v) is 7.18. The minimum Gasteiger partial charge on any atom is -0.337 e. The number of carbonyl (C=O) groups is 1. The van der Waals surface area contributed by atoms with Gasteiger partial charge in [0.15, 0.2) is 0 Å². The van der Waals surface area contributed by atoms with E-state index in [9.17, 15) is 13.6 Å². The highest BCUT2D eigenvalue weighted by molar-refractivity contribution is 7.13. The van der Waals surface area contributed by atoms with E-state index in [0.29, 0.717) is 22.5 Å². The van der Waals surface area contributed by atoms with E-state index in [2.05, 4.69) is 18.8 Å². The summed E-state index contributed by atoms with van der Waals surface area (Å²) in [7, 11) is 0. The molecule has 23 heavy (non-hydrogen) atoms. The zero-order chi connectivity index (χ0) is 16.6. The van der Waals surface area contributed by atoms with Crippen molar-refractivity contribution in [3.63, 3.8) is 0 Å². The number of hydrogen-bond acceptors (Lipinski definition) is 3. The Kier molecular flexibility index (Phi) is 4.43. The minimum atomic E-state index is -0.668. The first-order chi connectivity index (χ1) is 10.9. The molecule has 0 aliphatic carbocycles. The summed E-state index contributed by atoms with van der Waals surface area (Å²) in [5.41, 5.74) is 0.547. The first kappa shape index (κ1) is 16.1. The van der Waals surface area contributed by atoms with Crippen LogP contribution in [0.3, 0.4) is 0 Å². The number of piperidine rings is 1. The van der Waals surface area contributed by atoms with Gasteiger partial charge < -0.3 is 4.90 Å². The molecule has 6 heteroatoms. The molecule has 1 aliphatic rings. The number of rotatable bonds is 2. The first-order valence-corrected chi connectivity index (χ1v) is 8.52. The molecule has 0 N–H and O–H groups in total. The average Bonchev–Trinajstić information content (AvgIpc) is 2.95. The van der Waals surface area contributed by atoms with E-state index in [0.717, 1.165) is 25.6 Å². The van der Waals surface area contributed by atoms with Crippen molar-refractivity contribution in [2.75, 3.05) is 13.1 Å². The maximum Gasteiger partial charge on any atom is 0.273 e. The molecular formula is C17H18F2N2OS. The Morgan fingerprint density at radius 2 is 1.96 bits per heavy atom. The fourth-order valence-corrected chi connectivity index (χ4v) is 3.97. The van der Waals surface area contributed by atoms with Crippen LogP contribution < -0.4 is 0 Å². The van der Waals surface area contributed by atoms with Gasteiger partial charge in [-0.15, -0.1) is 11.3 Å². The van der Waals surface area contributed by atoms with Crippen LogP contribution in [0.1, 0.15) is 30.8 Å². The van der Waals surface area contributed by atoms with Gasteiger partial charge >= 0.3 is 0 Å². The lowest BCUT2D eigenvalue weighted by Gasteiger charge is -2.34. The SMILES string of the molecule is CC1CC(C)CN(C(=O)c2csc(-c3ccc(F)cc3F)n2)C1. The fourth-order valence-electron chi connectivity index (χ4n) is 3.15. The number of halogens is 2. The summed E-state index contributed by atoms with van der Waals surface area (Å²) in [4.78, 5) is 18.7. The molecule has 1 saturated heterocycles. The van der Waals surface area contributed by atoms with Crippen molar-refractivity contribution < 1.29 is 13.6 Å². The van der Waals surface area contributed by atoms with E-state index in [1.165, 1.54) is 23.5 Å². The number of aromatic nitrogens is 1. The standard InChI is InChI=1S/C17H18F2N2OS/c1-10-5-11(2)8-21(7-10)17(22)15-9-23-16(20-15)13-4-3-12(18)6-14(13)19/h3-4,6,9-11H,5,7-8H2,1-2H3. The van der Waals surface area contributed by atoms with Crippen LogP contribution >= 0.6 is 11.3 Å². The van der Waals surface area contributed by atoms with Crippen molar-refractivity contribution in [1.29, 1.82) is 0 Å². The lowest BCUT2D eigenvalue weighted by Crippen LogP contribution is -2.42. The Hall–Kier alpha value is -1.82. The van der Waals surface area contributed by atoms with E-state index in [1.807, 2.05) is 4.90 Å². The van der Waals surface area contributed by atoms with Crippen LogP contribution in [0, 0.1) is 23.5 Å². The number of benzene rings is 1. The molecular weight excluding hydrogens is 318 g/mol. The molecule has 2 atom stereocenters. The summed E-state index contributed by atoms with van der Waals surface area (Å²) in [6.45, 7) is 5.72. The molecule has 0 spiro atoms.